The number of benzene rings is 2. The van der Waals surface area contributed by atoms with Crippen LogP contribution in [0.2, 0.25) is 0 Å². The Morgan fingerprint density at radius 1 is 1.18 bits per heavy atom. The Morgan fingerprint density at radius 3 is 2.61 bits per heavy atom. The zero-order valence-electron chi connectivity index (χ0n) is 16.1. The monoisotopic (exact) mass is 411 g/mol. The smallest absolute Gasteiger partial charge is 0.187 e. The molecule has 0 spiro atoms. The number of hydrogen-bond acceptors (Lipinski definition) is 5. The summed E-state index contributed by atoms with van der Waals surface area (Å²) >= 11 is 7.10. The molecule has 1 aliphatic rings. The van der Waals surface area contributed by atoms with Crippen molar-refractivity contribution >= 4 is 45.7 Å². The Labute approximate surface area is 176 Å². The quantitative estimate of drug-likeness (QED) is 0.374. The number of nitrogens with zero attached hydrogens (tertiary/aromatic N) is 2. The second-order valence-corrected chi connectivity index (χ2v) is 8.17. The third-order valence-corrected chi connectivity index (χ3v) is 5.85. The van der Waals surface area contributed by atoms with Crippen LogP contribution in [0.25, 0.3) is 0 Å². The highest BCUT2D eigenvalue weighted by Gasteiger charge is 2.17. The Bertz CT molecular complexity index is 847. The van der Waals surface area contributed by atoms with E-state index in [1.165, 1.54) is 5.56 Å². The van der Waals surface area contributed by atoms with Crippen molar-refractivity contribution in [2.24, 2.45) is 10.1 Å². The fourth-order valence-electron chi connectivity index (χ4n) is 2.63. The molecule has 0 saturated carbocycles. The second-order valence-electron chi connectivity index (χ2n) is 6.47. The first-order chi connectivity index (χ1) is 13.6. The lowest BCUT2D eigenvalue weighted by Crippen LogP contribution is -2.32. The number of thioether (sulfide) groups is 1. The summed E-state index contributed by atoms with van der Waals surface area (Å²) in [5.74, 6) is 0. The van der Waals surface area contributed by atoms with Crippen molar-refractivity contribution in [1.29, 1.82) is 0 Å². The van der Waals surface area contributed by atoms with Crippen LogP contribution in [-0.2, 0) is 6.54 Å². The van der Waals surface area contributed by atoms with Crippen molar-refractivity contribution < 1.29 is 0 Å². The molecule has 1 heterocycles. The van der Waals surface area contributed by atoms with Gasteiger partial charge in [-0.25, -0.2) is 0 Å². The Balaban J connectivity index is 1.48. The average Bonchev–Trinajstić information content (AvgIpc) is 3.19. The molecule has 2 aromatic carbocycles. The van der Waals surface area contributed by atoms with E-state index in [2.05, 4.69) is 45.2 Å². The highest BCUT2D eigenvalue weighted by molar-refractivity contribution is 8.15. The predicted octanol–water partition coefficient (Wildman–Crippen LogP) is 4.37. The van der Waals surface area contributed by atoms with Crippen LogP contribution in [0.15, 0.2) is 64.7 Å². The summed E-state index contributed by atoms with van der Waals surface area (Å²) in [6, 6.07) is 18.3. The highest BCUT2D eigenvalue weighted by atomic mass is 32.2. The molecule has 1 atom stereocenters. The Hall–Kier alpha value is -2.38. The molecular weight excluding hydrogens is 386 g/mol. The molecule has 0 unspecified atom stereocenters. The second kappa shape index (κ2) is 10.2. The van der Waals surface area contributed by atoms with Crippen LogP contribution in [0.3, 0.4) is 0 Å². The maximum atomic E-state index is 5.29. The van der Waals surface area contributed by atoms with E-state index in [1.807, 2.05) is 61.2 Å². The fraction of sp³-hybridized carbons (Fsp3) is 0.286. The van der Waals surface area contributed by atoms with E-state index in [4.69, 9.17) is 12.2 Å². The van der Waals surface area contributed by atoms with Crippen LogP contribution in [0.4, 0.5) is 5.69 Å². The van der Waals surface area contributed by atoms with Crippen molar-refractivity contribution in [2.45, 2.75) is 32.1 Å². The maximum Gasteiger partial charge on any atom is 0.187 e. The molecule has 0 bridgehead atoms. The van der Waals surface area contributed by atoms with Gasteiger partial charge in [0.1, 0.15) is 0 Å². The molecule has 0 aromatic heterocycles. The minimum Gasteiger partial charge on any atom is -0.357 e. The van der Waals surface area contributed by atoms with Gasteiger partial charge in [-0.15, -0.1) is 0 Å². The summed E-state index contributed by atoms with van der Waals surface area (Å²) in [7, 11) is 0. The van der Waals surface area contributed by atoms with Gasteiger partial charge >= 0.3 is 0 Å². The summed E-state index contributed by atoms with van der Waals surface area (Å²) in [4.78, 5) is 4.54. The summed E-state index contributed by atoms with van der Waals surface area (Å²) in [6.45, 7) is 5.72. The van der Waals surface area contributed by atoms with Crippen molar-refractivity contribution in [1.82, 2.24) is 10.7 Å². The zero-order chi connectivity index (χ0) is 19.8. The number of hydrazone groups is 1. The molecule has 0 aliphatic carbocycles. The number of amidine groups is 1. The van der Waals surface area contributed by atoms with Crippen LogP contribution < -0.4 is 16.1 Å². The van der Waals surface area contributed by atoms with Gasteiger partial charge in [0.15, 0.2) is 10.3 Å². The van der Waals surface area contributed by atoms with Crippen LogP contribution in [0.5, 0.6) is 0 Å². The topological polar surface area (TPSA) is 60.8 Å². The third kappa shape index (κ3) is 6.07. The van der Waals surface area contributed by atoms with Crippen LogP contribution >= 0.6 is 24.0 Å². The molecule has 0 saturated heterocycles. The lowest BCUT2D eigenvalue weighted by molar-refractivity contribution is 0.843. The SMILES string of the molecule is CC[C@@H]1CN=C(Nc2ccc(/C(C)=N\NC(=S)NCc3ccccc3)cc2)S1. The van der Waals surface area contributed by atoms with Crippen LogP contribution in [0.1, 0.15) is 31.4 Å². The van der Waals surface area contributed by atoms with E-state index in [9.17, 15) is 0 Å². The van der Waals surface area contributed by atoms with Crippen LogP contribution in [-0.4, -0.2) is 27.8 Å². The highest BCUT2D eigenvalue weighted by Crippen LogP contribution is 2.24. The van der Waals surface area contributed by atoms with Gasteiger partial charge in [-0.3, -0.25) is 10.4 Å². The van der Waals surface area contributed by atoms with E-state index in [0.717, 1.165) is 35.1 Å². The molecule has 2 aromatic rings. The molecule has 7 heteroatoms. The molecule has 1 aliphatic heterocycles. The van der Waals surface area contributed by atoms with Gasteiger partial charge in [0, 0.05) is 17.5 Å². The van der Waals surface area contributed by atoms with Gasteiger partial charge in [0.05, 0.1) is 12.3 Å². The molecule has 0 amide bonds. The Kier molecular flexibility index (Phi) is 7.45. The summed E-state index contributed by atoms with van der Waals surface area (Å²) in [5.41, 5.74) is 7.02. The molecule has 3 N–H and O–H groups in total. The molecule has 28 heavy (non-hydrogen) atoms. The van der Waals surface area contributed by atoms with Gasteiger partial charge in [-0.2, -0.15) is 5.10 Å². The van der Waals surface area contributed by atoms with E-state index < -0.39 is 0 Å². The first-order valence-electron chi connectivity index (χ1n) is 9.34. The number of anilines is 1. The maximum absolute atomic E-state index is 5.29. The van der Waals surface area contributed by atoms with Crippen LogP contribution in [0, 0.1) is 0 Å². The number of thiocarbonyl (C=S) groups is 1. The third-order valence-electron chi connectivity index (χ3n) is 4.35. The van der Waals surface area contributed by atoms with E-state index >= 15 is 0 Å². The molecular formula is C21H25N5S2. The fourth-order valence-corrected chi connectivity index (χ4v) is 3.71. The molecule has 5 nitrogen and oxygen atoms in total. The van der Waals surface area contributed by atoms with E-state index in [1.54, 1.807) is 0 Å². The first-order valence-corrected chi connectivity index (χ1v) is 10.6. The summed E-state index contributed by atoms with van der Waals surface area (Å²) in [5, 5.41) is 13.0. The lowest BCUT2D eigenvalue weighted by atomic mass is 10.1. The lowest BCUT2D eigenvalue weighted by Gasteiger charge is -2.09. The molecule has 0 radical (unpaired) electrons. The zero-order valence-corrected chi connectivity index (χ0v) is 17.7. The number of rotatable bonds is 6. The minimum absolute atomic E-state index is 0.503. The largest absolute Gasteiger partial charge is 0.357 e. The summed E-state index contributed by atoms with van der Waals surface area (Å²) in [6.07, 6.45) is 1.14. The molecule has 146 valence electrons. The molecule has 3 rings (SSSR count). The van der Waals surface area contributed by atoms with Gasteiger partial charge in [0.2, 0.25) is 0 Å². The van der Waals surface area contributed by atoms with Gasteiger partial charge < -0.3 is 10.6 Å². The van der Waals surface area contributed by atoms with E-state index in [0.29, 0.717) is 16.9 Å². The van der Waals surface area contributed by atoms with Gasteiger partial charge in [-0.1, -0.05) is 61.2 Å². The number of nitrogens with one attached hydrogen (secondary N) is 3. The van der Waals surface area contributed by atoms with Gasteiger partial charge in [0.25, 0.3) is 0 Å². The first kappa shape index (κ1) is 20.4. The Morgan fingerprint density at radius 2 is 1.93 bits per heavy atom. The standard InChI is InChI=1S/C21H25N5S2/c1-3-19-14-23-21(28-19)24-18-11-9-17(10-12-18)15(2)25-26-20(27)22-13-16-7-5-4-6-8-16/h4-12,19H,3,13-14H2,1-2H3,(H,23,24)(H2,22,26,27)/b25-15-/t19-/m1/s1. The van der Waals surface area contributed by atoms with E-state index in [-0.39, 0.29) is 0 Å². The summed E-state index contributed by atoms with van der Waals surface area (Å²) < 4.78 is 0. The number of hydrogen-bond donors (Lipinski definition) is 3. The van der Waals surface area contributed by atoms with Crippen molar-refractivity contribution in [3.05, 3.63) is 65.7 Å². The predicted molar refractivity (Wildman–Crippen MR) is 125 cm³/mol. The normalized spacial score (nSPS) is 16.4. The number of aliphatic imine (C=N–C) groups is 1. The molecule has 0 fully saturated rings. The van der Waals surface area contributed by atoms with Crippen molar-refractivity contribution in [3.8, 4) is 0 Å². The average molecular weight is 412 g/mol. The minimum atomic E-state index is 0.503. The van der Waals surface area contributed by atoms with Crippen molar-refractivity contribution in [3.63, 3.8) is 0 Å². The van der Waals surface area contributed by atoms with Crippen molar-refractivity contribution in [2.75, 3.05) is 11.9 Å². The van der Waals surface area contributed by atoms with Gasteiger partial charge in [-0.05, 0) is 48.8 Å².